The zero-order valence-corrected chi connectivity index (χ0v) is 18.7. The molecule has 0 spiro atoms. The van der Waals surface area contributed by atoms with Crippen LogP contribution in [0, 0.1) is 13.8 Å². The van der Waals surface area contributed by atoms with Crippen molar-refractivity contribution in [3.63, 3.8) is 0 Å². The van der Waals surface area contributed by atoms with Gasteiger partial charge >= 0.3 is 5.97 Å². The Labute approximate surface area is 188 Å². The van der Waals surface area contributed by atoms with Gasteiger partial charge in [0, 0.05) is 21.5 Å². The number of aryl methyl sites for hydroxylation is 1. The summed E-state index contributed by atoms with van der Waals surface area (Å²) < 4.78 is 7.82. The van der Waals surface area contributed by atoms with Gasteiger partial charge in [-0.1, -0.05) is 30.3 Å². The van der Waals surface area contributed by atoms with E-state index in [1.54, 1.807) is 24.3 Å². The lowest BCUT2D eigenvalue weighted by Crippen LogP contribution is -2.35. The van der Waals surface area contributed by atoms with E-state index in [-0.39, 0.29) is 6.54 Å². The van der Waals surface area contributed by atoms with E-state index in [1.165, 1.54) is 0 Å². The molecule has 31 heavy (non-hydrogen) atoms. The first-order valence-electron chi connectivity index (χ1n) is 9.59. The highest BCUT2D eigenvalue weighted by Crippen LogP contribution is 2.22. The Morgan fingerprint density at radius 1 is 0.968 bits per heavy atom. The standard InChI is InChI=1S/C23H22BrN3O4/c1-15-12-18(16(2)27(15)17-8-4-3-5-9-17)23(30)31-14-22(29)25-13-21(28)26-20-11-7-6-10-19(20)24/h3-12H,13-14H2,1-2H3,(H,25,29)(H,26,28). The van der Waals surface area contributed by atoms with Crippen molar-refractivity contribution in [3.8, 4) is 5.69 Å². The molecule has 160 valence electrons. The number of benzene rings is 2. The maximum atomic E-state index is 12.5. The van der Waals surface area contributed by atoms with Gasteiger partial charge < -0.3 is 19.9 Å². The molecule has 0 aliphatic carbocycles. The summed E-state index contributed by atoms with van der Waals surface area (Å²) in [4.78, 5) is 36.5. The molecule has 8 heteroatoms. The number of nitrogens with zero attached hydrogens (tertiary/aromatic N) is 1. The van der Waals surface area contributed by atoms with Crippen LogP contribution in [0.5, 0.6) is 0 Å². The molecule has 0 saturated carbocycles. The lowest BCUT2D eigenvalue weighted by atomic mass is 10.2. The number of nitrogens with one attached hydrogen (secondary N) is 2. The molecule has 0 aliphatic rings. The van der Waals surface area contributed by atoms with Crippen molar-refractivity contribution in [2.75, 3.05) is 18.5 Å². The minimum atomic E-state index is -0.594. The lowest BCUT2D eigenvalue weighted by Gasteiger charge is -2.10. The number of halogens is 1. The molecule has 0 unspecified atom stereocenters. The maximum absolute atomic E-state index is 12.5. The average molecular weight is 484 g/mol. The van der Waals surface area contributed by atoms with Crippen molar-refractivity contribution >= 4 is 39.4 Å². The molecule has 0 bridgehead atoms. The summed E-state index contributed by atoms with van der Waals surface area (Å²) in [5, 5.41) is 5.11. The number of carbonyl (C=O) groups excluding carboxylic acids is 3. The summed E-state index contributed by atoms with van der Waals surface area (Å²) in [6.45, 7) is 3.01. The van der Waals surface area contributed by atoms with Gasteiger partial charge in [0.05, 0.1) is 17.8 Å². The Balaban J connectivity index is 1.52. The van der Waals surface area contributed by atoms with Gasteiger partial charge in [0.1, 0.15) is 0 Å². The summed E-state index contributed by atoms with van der Waals surface area (Å²) in [7, 11) is 0. The third-order valence-electron chi connectivity index (χ3n) is 4.59. The molecule has 0 radical (unpaired) electrons. The van der Waals surface area contributed by atoms with Gasteiger partial charge in [-0.15, -0.1) is 0 Å². The summed E-state index contributed by atoms with van der Waals surface area (Å²) in [6.07, 6.45) is 0. The molecule has 0 atom stereocenters. The smallest absolute Gasteiger partial charge is 0.340 e. The number of esters is 1. The third kappa shape index (κ3) is 5.61. The number of hydrogen-bond acceptors (Lipinski definition) is 4. The molecule has 0 saturated heterocycles. The number of aromatic nitrogens is 1. The number of amides is 2. The van der Waals surface area contributed by atoms with Gasteiger partial charge in [0.25, 0.3) is 5.91 Å². The summed E-state index contributed by atoms with van der Waals surface area (Å²) in [6, 6.07) is 18.5. The Kier molecular flexibility index (Phi) is 7.25. The van der Waals surface area contributed by atoms with E-state index in [0.29, 0.717) is 11.3 Å². The largest absolute Gasteiger partial charge is 0.452 e. The van der Waals surface area contributed by atoms with E-state index in [1.807, 2.05) is 54.8 Å². The van der Waals surface area contributed by atoms with Crippen LogP contribution in [0.15, 0.2) is 65.1 Å². The Morgan fingerprint density at radius 2 is 1.65 bits per heavy atom. The molecule has 3 aromatic rings. The van der Waals surface area contributed by atoms with E-state index < -0.39 is 24.4 Å². The summed E-state index contributed by atoms with van der Waals surface area (Å²) >= 11 is 3.33. The number of anilines is 1. The second-order valence-electron chi connectivity index (χ2n) is 6.84. The molecule has 0 fully saturated rings. The van der Waals surface area contributed by atoms with Gasteiger partial charge in [0.2, 0.25) is 5.91 Å². The Bertz CT molecular complexity index is 1110. The average Bonchev–Trinajstić information content (AvgIpc) is 3.06. The second kappa shape index (κ2) is 10.1. The first-order chi connectivity index (χ1) is 14.9. The highest BCUT2D eigenvalue weighted by atomic mass is 79.9. The number of para-hydroxylation sites is 2. The summed E-state index contributed by atoms with van der Waals surface area (Å²) in [5.74, 6) is -1.55. The molecular weight excluding hydrogens is 462 g/mol. The second-order valence-corrected chi connectivity index (χ2v) is 7.69. The highest BCUT2D eigenvalue weighted by molar-refractivity contribution is 9.10. The van der Waals surface area contributed by atoms with Crippen LogP contribution in [-0.2, 0) is 14.3 Å². The van der Waals surface area contributed by atoms with Crippen LogP contribution in [0.1, 0.15) is 21.7 Å². The van der Waals surface area contributed by atoms with Crippen molar-refractivity contribution in [2.24, 2.45) is 0 Å². The fourth-order valence-electron chi connectivity index (χ4n) is 3.14. The third-order valence-corrected chi connectivity index (χ3v) is 5.29. The van der Waals surface area contributed by atoms with Gasteiger partial charge in [-0.05, 0) is 60.1 Å². The molecule has 1 aromatic heterocycles. The molecule has 1 heterocycles. The van der Waals surface area contributed by atoms with Crippen LogP contribution in [-0.4, -0.2) is 35.5 Å². The van der Waals surface area contributed by atoms with Crippen LogP contribution in [0.2, 0.25) is 0 Å². The van der Waals surface area contributed by atoms with Crippen molar-refractivity contribution in [1.82, 2.24) is 9.88 Å². The SMILES string of the molecule is Cc1cc(C(=O)OCC(=O)NCC(=O)Nc2ccccc2Br)c(C)n1-c1ccccc1. The van der Waals surface area contributed by atoms with Gasteiger partial charge in [-0.3, -0.25) is 9.59 Å². The lowest BCUT2D eigenvalue weighted by molar-refractivity contribution is -0.126. The normalized spacial score (nSPS) is 10.4. The molecule has 7 nitrogen and oxygen atoms in total. The first kappa shape index (κ1) is 22.3. The molecule has 0 aliphatic heterocycles. The van der Waals surface area contributed by atoms with E-state index in [2.05, 4.69) is 26.6 Å². The predicted molar refractivity (Wildman–Crippen MR) is 121 cm³/mol. The molecule has 2 aromatic carbocycles. The molecule has 3 rings (SSSR count). The van der Waals surface area contributed by atoms with Crippen LogP contribution in [0.4, 0.5) is 5.69 Å². The van der Waals surface area contributed by atoms with Crippen LogP contribution in [0.25, 0.3) is 5.69 Å². The number of rotatable bonds is 7. The monoisotopic (exact) mass is 483 g/mol. The van der Waals surface area contributed by atoms with E-state index in [0.717, 1.165) is 21.5 Å². The summed E-state index contributed by atoms with van der Waals surface area (Å²) in [5.41, 5.74) is 3.53. The van der Waals surface area contributed by atoms with Gasteiger partial charge in [-0.25, -0.2) is 4.79 Å². The predicted octanol–water partition coefficient (Wildman–Crippen LogP) is 3.77. The minimum absolute atomic E-state index is 0.236. The van der Waals surface area contributed by atoms with Crippen LogP contribution < -0.4 is 10.6 Å². The maximum Gasteiger partial charge on any atom is 0.340 e. The van der Waals surface area contributed by atoms with E-state index >= 15 is 0 Å². The van der Waals surface area contributed by atoms with Crippen LogP contribution in [0.3, 0.4) is 0 Å². The molecule has 2 amide bonds. The zero-order valence-electron chi connectivity index (χ0n) is 17.1. The first-order valence-corrected chi connectivity index (χ1v) is 10.4. The number of carbonyl (C=O) groups is 3. The minimum Gasteiger partial charge on any atom is -0.452 e. The fourth-order valence-corrected chi connectivity index (χ4v) is 3.52. The van der Waals surface area contributed by atoms with E-state index in [9.17, 15) is 14.4 Å². The van der Waals surface area contributed by atoms with Crippen molar-refractivity contribution in [3.05, 3.63) is 82.1 Å². The van der Waals surface area contributed by atoms with Crippen molar-refractivity contribution in [1.29, 1.82) is 0 Å². The van der Waals surface area contributed by atoms with Gasteiger partial charge in [-0.2, -0.15) is 0 Å². The Hall–Kier alpha value is -3.39. The molecule has 2 N–H and O–H groups in total. The zero-order chi connectivity index (χ0) is 22.4. The Morgan fingerprint density at radius 3 is 2.35 bits per heavy atom. The number of ether oxygens (including phenoxy) is 1. The quantitative estimate of drug-likeness (QED) is 0.500. The van der Waals surface area contributed by atoms with Crippen LogP contribution >= 0.6 is 15.9 Å². The van der Waals surface area contributed by atoms with E-state index in [4.69, 9.17) is 4.74 Å². The number of hydrogen-bond donors (Lipinski definition) is 2. The highest BCUT2D eigenvalue weighted by Gasteiger charge is 2.19. The van der Waals surface area contributed by atoms with Crippen molar-refractivity contribution < 1.29 is 19.1 Å². The van der Waals surface area contributed by atoms with Crippen molar-refractivity contribution in [2.45, 2.75) is 13.8 Å². The van der Waals surface area contributed by atoms with Gasteiger partial charge in [0.15, 0.2) is 6.61 Å². The topological polar surface area (TPSA) is 89.4 Å². The fraction of sp³-hybridized carbons (Fsp3) is 0.174. The molecular formula is C23H22BrN3O4.